The molecule has 2 heterocycles. The predicted octanol–water partition coefficient (Wildman–Crippen LogP) is 2.33. The Bertz CT molecular complexity index is 407. The molecule has 0 spiro atoms. The van der Waals surface area contributed by atoms with Crippen molar-refractivity contribution in [2.24, 2.45) is 0 Å². The molecule has 0 aromatic carbocycles. The Morgan fingerprint density at radius 1 is 1.36 bits per heavy atom. The molecule has 1 aliphatic heterocycles. The Balaban J connectivity index is 2.09. The van der Waals surface area contributed by atoms with E-state index >= 15 is 0 Å². The van der Waals surface area contributed by atoms with Crippen LogP contribution in [0.15, 0.2) is 21.4 Å². The van der Waals surface area contributed by atoms with Gasteiger partial charge in [-0.25, -0.2) is 8.42 Å². The lowest BCUT2D eigenvalue weighted by Gasteiger charge is -2.20. The molecule has 0 N–H and O–H groups in total. The van der Waals surface area contributed by atoms with Crippen molar-refractivity contribution in [2.75, 3.05) is 11.5 Å². The molecule has 1 aromatic heterocycles. The van der Waals surface area contributed by atoms with Gasteiger partial charge >= 0.3 is 0 Å². The molecule has 2 rings (SSSR count). The maximum absolute atomic E-state index is 11.2. The van der Waals surface area contributed by atoms with E-state index < -0.39 is 9.84 Å². The standard InChI is InChI=1S/C9H11BrO3S/c10-9-5-8(6-13-9)7-1-3-14(11,12)4-2-7/h5-7H,1-4H2. The zero-order chi connectivity index (χ0) is 10.2. The van der Waals surface area contributed by atoms with Crippen LogP contribution in [0, 0.1) is 0 Å². The largest absolute Gasteiger partial charge is 0.457 e. The van der Waals surface area contributed by atoms with Crippen LogP contribution in [0.1, 0.15) is 24.3 Å². The van der Waals surface area contributed by atoms with E-state index in [1.807, 2.05) is 6.07 Å². The first-order valence-electron chi connectivity index (χ1n) is 4.51. The molecule has 14 heavy (non-hydrogen) atoms. The highest BCUT2D eigenvalue weighted by Gasteiger charge is 2.25. The molecule has 0 saturated carbocycles. The smallest absolute Gasteiger partial charge is 0.169 e. The highest BCUT2D eigenvalue weighted by atomic mass is 79.9. The lowest BCUT2D eigenvalue weighted by atomic mass is 9.96. The van der Waals surface area contributed by atoms with Crippen LogP contribution in [-0.2, 0) is 9.84 Å². The number of hydrogen-bond donors (Lipinski definition) is 0. The Morgan fingerprint density at radius 2 is 2.00 bits per heavy atom. The van der Waals surface area contributed by atoms with E-state index in [0.29, 0.717) is 34.9 Å². The number of halogens is 1. The van der Waals surface area contributed by atoms with Gasteiger partial charge in [0.2, 0.25) is 0 Å². The zero-order valence-electron chi connectivity index (χ0n) is 7.57. The highest BCUT2D eigenvalue weighted by Crippen LogP contribution is 2.31. The third-order valence-electron chi connectivity index (χ3n) is 2.61. The topological polar surface area (TPSA) is 47.3 Å². The summed E-state index contributed by atoms with van der Waals surface area (Å²) < 4.78 is 28.2. The molecular weight excluding hydrogens is 268 g/mol. The van der Waals surface area contributed by atoms with Crippen molar-refractivity contribution >= 4 is 25.8 Å². The molecule has 0 unspecified atom stereocenters. The van der Waals surface area contributed by atoms with Gasteiger partial charge in [0, 0.05) is 0 Å². The van der Waals surface area contributed by atoms with Gasteiger partial charge in [-0.15, -0.1) is 0 Å². The summed E-state index contributed by atoms with van der Waals surface area (Å²) in [6.45, 7) is 0. The van der Waals surface area contributed by atoms with Crippen molar-refractivity contribution in [1.29, 1.82) is 0 Å². The van der Waals surface area contributed by atoms with Crippen LogP contribution in [0.3, 0.4) is 0 Å². The van der Waals surface area contributed by atoms with Crippen LogP contribution in [0.2, 0.25) is 0 Å². The average Bonchev–Trinajstić information content (AvgIpc) is 2.52. The van der Waals surface area contributed by atoms with Gasteiger partial charge in [0.1, 0.15) is 9.84 Å². The summed E-state index contributed by atoms with van der Waals surface area (Å²) in [5, 5.41) is 0. The minimum Gasteiger partial charge on any atom is -0.457 e. The summed E-state index contributed by atoms with van der Waals surface area (Å²) in [7, 11) is -2.76. The van der Waals surface area contributed by atoms with E-state index in [4.69, 9.17) is 4.42 Å². The van der Waals surface area contributed by atoms with Crippen LogP contribution < -0.4 is 0 Å². The van der Waals surface area contributed by atoms with Crippen molar-refractivity contribution in [2.45, 2.75) is 18.8 Å². The second-order valence-corrected chi connectivity index (χ2v) is 6.70. The Labute approximate surface area is 91.5 Å². The average molecular weight is 279 g/mol. The zero-order valence-corrected chi connectivity index (χ0v) is 9.97. The van der Waals surface area contributed by atoms with Gasteiger partial charge in [-0.1, -0.05) is 0 Å². The molecule has 5 heteroatoms. The maximum Gasteiger partial charge on any atom is 0.169 e. The molecule has 0 aliphatic carbocycles. The normalized spacial score (nSPS) is 22.4. The minimum absolute atomic E-state index is 0.306. The minimum atomic E-state index is -2.76. The molecule has 1 fully saturated rings. The van der Waals surface area contributed by atoms with Crippen LogP contribution in [0.25, 0.3) is 0 Å². The molecule has 0 atom stereocenters. The van der Waals surface area contributed by atoms with E-state index in [1.54, 1.807) is 6.26 Å². The van der Waals surface area contributed by atoms with Crippen molar-refractivity contribution in [3.63, 3.8) is 0 Å². The van der Waals surface area contributed by atoms with E-state index in [-0.39, 0.29) is 0 Å². The second-order valence-electron chi connectivity index (χ2n) is 3.61. The SMILES string of the molecule is O=S1(=O)CCC(c2coc(Br)c2)CC1. The third kappa shape index (κ3) is 2.20. The number of rotatable bonds is 1. The summed E-state index contributed by atoms with van der Waals surface area (Å²) >= 11 is 3.24. The van der Waals surface area contributed by atoms with E-state index in [2.05, 4.69) is 15.9 Å². The summed E-state index contributed by atoms with van der Waals surface area (Å²) in [6, 6.07) is 1.92. The predicted molar refractivity (Wildman–Crippen MR) is 57.0 cm³/mol. The van der Waals surface area contributed by atoms with Gasteiger partial charge in [0.25, 0.3) is 0 Å². The fourth-order valence-electron chi connectivity index (χ4n) is 1.76. The van der Waals surface area contributed by atoms with Crippen molar-refractivity contribution in [1.82, 2.24) is 0 Å². The van der Waals surface area contributed by atoms with Gasteiger partial charge < -0.3 is 4.42 Å². The molecule has 1 aliphatic rings. The van der Waals surface area contributed by atoms with Gasteiger partial charge in [-0.3, -0.25) is 0 Å². The van der Waals surface area contributed by atoms with E-state index in [0.717, 1.165) is 5.56 Å². The number of furan rings is 1. The summed E-state index contributed by atoms with van der Waals surface area (Å²) in [6.07, 6.45) is 3.13. The van der Waals surface area contributed by atoms with Crippen LogP contribution >= 0.6 is 15.9 Å². The van der Waals surface area contributed by atoms with Crippen molar-refractivity contribution in [3.8, 4) is 0 Å². The highest BCUT2D eigenvalue weighted by molar-refractivity contribution is 9.10. The van der Waals surface area contributed by atoms with Crippen molar-refractivity contribution in [3.05, 3.63) is 22.6 Å². The Morgan fingerprint density at radius 3 is 2.50 bits per heavy atom. The van der Waals surface area contributed by atoms with Gasteiger partial charge in [-0.2, -0.15) is 0 Å². The molecule has 0 amide bonds. The van der Waals surface area contributed by atoms with Crippen LogP contribution in [-0.4, -0.2) is 19.9 Å². The number of hydrogen-bond acceptors (Lipinski definition) is 3. The lowest BCUT2D eigenvalue weighted by Crippen LogP contribution is -2.21. The third-order valence-corrected chi connectivity index (χ3v) is 4.75. The first-order chi connectivity index (χ1) is 6.57. The molecular formula is C9H11BrO3S. The molecule has 3 nitrogen and oxygen atoms in total. The van der Waals surface area contributed by atoms with E-state index in [9.17, 15) is 8.42 Å². The summed E-state index contributed by atoms with van der Waals surface area (Å²) in [5.74, 6) is 0.953. The fourth-order valence-corrected chi connectivity index (χ4v) is 3.61. The Hall–Kier alpha value is -0.290. The molecule has 1 saturated heterocycles. The van der Waals surface area contributed by atoms with Crippen molar-refractivity contribution < 1.29 is 12.8 Å². The maximum atomic E-state index is 11.2. The molecule has 0 radical (unpaired) electrons. The van der Waals surface area contributed by atoms with E-state index in [1.165, 1.54) is 0 Å². The van der Waals surface area contributed by atoms with Gasteiger partial charge in [0.05, 0.1) is 17.8 Å². The summed E-state index contributed by atoms with van der Waals surface area (Å²) in [5.41, 5.74) is 1.10. The second kappa shape index (κ2) is 3.70. The number of sulfone groups is 1. The monoisotopic (exact) mass is 278 g/mol. The summed E-state index contributed by atoms with van der Waals surface area (Å²) in [4.78, 5) is 0. The lowest BCUT2D eigenvalue weighted by molar-refractivity contribution is 0.523. The molecule has 78 valence electrons. The Kier molecular flexibility index (Phi) is 2.70. The van der Waals surface area contributed by atoms with Gasteiger partial charge in [-0.05, 0) is 46.3 Å². The van der Waals surface area contributed by atoms with Crippen LogP contribution in [0.5, 0.6) is 0 Å². The quantitative estimate of drug-likeness (QED) is 0.792. The molecule has 1 aromatic rings. The first-order valence-corrected chi connectivity index (χ1v) is 7.13. The van der Waals surface area contributed by atoms with Gasteiger partial charge in [0.15, 0.2) is 4.67 Å². The first kappa shape index (κ1) is 10.2. The van der Waals surface area contributed by atoms with Crippen LogP contribution in [0.4, 0.5) is 0 Å². The molecule has 0 bridgehead atoms. The fraction of sp³-hybridized carbons (Fsp3) is 0.556.